The molecule has 2 heterocycles. The summed E-state index contributed by atoms with van der Waals surface area (Å²) in [5, 5.41) is 0. The number of aryl methyl sites for hydroxylation is 1. The van der Waals surface area contributed by atoms with E-state index in [1.807, 2.05) is 0 Å². The first kappa shape index (κ1) is 19.7. The van der Waals surface area contributed by atoms with Gasteiger partial charge in [0.15, 0.2) is 16.4 Å². The first-order valence-electron chi connectivity index (χ1n) is 9.46. The van der Waals surface area contributed by atoms with Gasteiger partial charge >= 0.3 is 5.69 Å². The third kappa shape index (κ3) is 3.46. The lowest BCUT2D eigenvalue weighted by molar-refractivity contribution is 0.174. The number of benzene rings is 1. The topological polar surface area (TPSA) is 99.8 Å². The van der Waals surface area contributed by atoms with E-state index in [2.05, 4.69) is 0 Å². The Hall–Kier alpha value is -2.59. The molecule has 0 amide bonds. The summed E-state index contributed by atoms with van der Waals surface area (Å²) in [5.41, 5.74) is -0.648. The number of hydrogen-bond acceptors (Lipinski definition) is 6. The van der Waals surface area contributed by atoms with Crippen LogP contribution in [-0.2, 0) is 30.7 Å². The Morgan fingerprint density at radius 2 is 1.79 bits per heavy atom. The summed E-state index contributed by atoms with van der Waals surface area (Å²) in [5.74, 6) is 1.19. The van der Waals surface area contributed by atoms with Crippen molar-refractivity contribution < 1.29 is 17.9 Å². The molecule has 1 aromatic heterocycles. The fourth-order valence-electron chi connectivity index (χ4n) is 3.90. The van der Waals surface area contributed by atoms with Crippen molar-refractivity contribution in [3.05, 3.63) is 50.8 Å². The van der Waals surface area contributed by atoms with Crippen molar-refractivity contribution in [1.82, 2.24) is 13.4 Å². The van der Waals surface area contributed by atoms with Crippen molar-refractivity contribution >= 4 is 10.0 Å². The van der Waals surface area contributed by atoms with Crippen LogP contribution in [0.15, 0.2) is 38.9 Å². The zero-order valence-corrected chi connectivity index (χ0v) is 17.1. The third-order valence-corrected chi connectivity index (χ3v) is 7.39. The van der Waals surface area contributed by atoms with E-state index < -0.39 is 26.2 Å². The summed E-state index contributed by atoms with van der Waals surface area (Å²) < 4.78 is 41.1. The minimum Gasteiger partial charge on any atom is -0.454 e. The number of sulfonamides is 1. The van der Waals surface area contributed by atoms with E-state index in [4.69, 9.17) is 9.47 Å². The minimum absolute atomic E-state index is 0.107. The third-order valence-electron chi connectivity index (χ3n) is 5.51. The highest BCUT2D eigenvalue weighted by atomic mass is 32.2. The molecular weight excluding hydrogens is 398 g/mol. The second kappa shape index (κ2) is 7.34. The summed E-state index contributed by atoms with van der Waals surface area (Å²) in [7, 11) is -1.41. The van der Waals surface area contributed by atoms with Gasteiger partial charge in [-0.05, 0) is 30.5 Å². The van der Waals surface area contributed by atoms with Crippen LogP contribution in [0.25, 0.3) is 0 Å². The van der Waals surface area contributed by atoms with Gasteiger partial charge in [0.1, 0.15) is 0 Å². The summed E-state index contributed by atoms with van der Waals surface area (Å²) in [6.07, 6.45) is 4.44. The zero-order valence-electron chi connectivity index (χ0n) is 16.3. The minimum atomic E-state index is -4.12. The molecule has 2 aliphatic rings. The SMILES string of the molecule is Cn1cc(S(=O)(=O)N(Cc2ccc3c(c2)OCO3)C2CCCC2)c(=O)n(C)c1=O. The van der Waals surface area contributed by atoms with Gasteiger partial charge < -0.3 is 14.0 Å². The molecule has 1 aliphatic carbocycles. The van der Waals surface area contributed by atoms with Gasteiger partial charge in [-0.3, -0.25) is 9.36 Å². The van der Waals surface area contributed by atoms with Crippen molar-refractivity contribution in [1.29, 1.82) is 0 Å². The van der Waals surface area contributed by atoms with E-state index in [0.29, 0.717) is 11.5 Å². The Morgan fingerprint density at radius 3 is 2.52 bits per heavy atom. The van der Waals surface area contributed by atoms with Crippen LogP contribution in [0.5, 0.6) is 11.5 Å². The molecule has 0 spiro atoms. The van der Waals surface area contributed by atoms with Gasteiger partial charge in [0.25, 0.3) is 15.6 Å². The van der Waals surface area contributed by atoms with E-state index in [0.717, 1.165) is 46.6 Å². The van der Waals surface area contributed by atoms with E-state index in [9.17, 15) is 18.0 Å². The Kier molecular flexibility index (Phi) is 4.99. The van der Waals surface area contributed by atoms with Gasteiger partial charge in [-0.25, -0.2) is 13.2 Å². The smallest absolute Gasteiger partial charge is 0.330 e. The molecule has 0 atom stereocenters. The number of ether oxygens (including phenoxy) is 2. The highest BCUT2D eigenvalue weighted by Gasteiger charge is 2.36. The molecule has 0 N–H and O–H groups in total. The van der Waals surface area contributed by atoms with E-state index in [1.54, 1.807) is 18.2 Å². The van der Waals surface area contributed by atoms with Crippen molar-refractivity contribution in [3.63, 3.8) is 0 Å². The molecule has 1 aliphatic heterocycles. The monoisotopic (exact) mass is 421 g/mol. The number of hydrogen-bond donors (Lipinski definition) is 0. The van der Waals surface area contributed by atoms with Crippen LogP contribution in [0.2, 0.25) is 0 Å². The van der Waals surface area contributed by atoms with E-state index >= 15 is 0 Å². The van der Waals surface area contributed by atoms with Crippen molar-refractivity contribution in [2.24, 2.45) is 14.1 Å². The zero-order chi connectivity index (χ0) is 20.8. The van der Waals surface area contributed by atoms with Gasteiger partial charge in [-0.2, -0.15) is 4.31 Å². The lowest BCUT2D eigenvalue weighted by Gasteiger charge is -2.28. The van der Waals surface area contributed by atoms with Crippen LogP contribution in [0.4, 0.5) is 0 Å². The van der Waals surface area contributed by atoms with Crippen molar-refractivity contribution in [3.8, 4) is 11.5 Å². The fourth-order valence-corrected chi connectivity index (χ4v) is 5.72. The predicted molar refractivity (Wildman–Crippen MR) is 104 cm³/mol. The Balaban J connectivity index is 1.77. The standard InChI is InChI=1S/C19H23N3O6S/c1-20-11-17(18(23)21(2)19(20)24)29(25,26)22(14-5-3-4-6-14)10-13-7-8-15-16(9-13)28-12-27-15/h7-9,11,14H,3-6,10,12H2,1-2H3. The van der Waals surface area contributed by atoms with E-state index in [1.165, 1.54) is 18.4 Å². The fraction of sp³-hybridized carbons (Fsp3) is 0.474. The van der Waals surface area contributed by atoms with Gasteiger partial charge in [-0.15, -0.1) is 0 Å². The largest absolute Gasteiger partial charge is 0.454 e. The van der Waals surface area contributed by atoms with Crippen LogP contribution in [0, 0.1) is 0 Å². The Morgan fingerprint density at radius 1 is 1.10 bits per heavy atom. The summed E-state index contributed by atoms with van der Waals surface area (Å²) in [6, 6.07) is 5.11. The molecule has 2 aromatic rings. The van der Waals surface area contributed by atoms with Crippen LogP contribution in [0.1, 0.15) is 31.2 Å². The van der Waals surface area contributed by atoms with Crippen molar-refractivity contribution in [2.45, 2.75) is 43.2 Å². The molecule has 9 nitrogen and oxygen atoms in total. The first-order valence-corrected chi connectivity index (χ1v) is 10.9. The normalized spacial score (nSPS) is 16.7. The lowest BCUT2D eigenvalue weighted by atomic mass is 10.1. The first-order chi connectivity index (χ1) is 13.8. The van der Waals surface area contributed by atoms with Gasteiger partial charge in [0, 0.05) is 32.9 Å². The molecule has 10 heteroatoms. The van der Waals surface area contributed by atoms with Crippen molar-refractivity contribution in [2.75, 3.05) is 6.79 Å². The molecule has 1 fully saturated rings. The molecule has 29 heavy (non-hydrogen) atoms. The predicted octanol–water partition coefficient (Wildman–Crippen LogP) is 0.946. The molecule has 0 saturated heterocycles. The number of rotatable bonds is 5. The van der Waals surface area contributed by atoms with Gasteiger partial charge in [0.2, 0.25) is 6.79 Å². The molecule has 1 saturated carbocycles. The second-order valence-electron chi connectivity index (χ2n) is 7.43. The molecule has 0 radical (unpaired) electrons. The molecule has 1 aromatic carbocycles. The average Bonchev–Trinajstić information content (AvgIpc) is 3.38. The number of fused-ring (bicyclic) bond motifs is 1. The van der Waals surface area contributed by atoms with Crippen LogP contribution < -0.4 is 20.7 Å². The van der Waals surface area contributed by atoms with Gasteiger partial charge in [0.05, 0.1) is 0 Å². The molecule has 4 rings (SSSR count). The molecule has 0 bridgehead atoms. The maximum Gasteiger partial charge on any atom is 0.330 e. The van der Waals surface area contributed by atoms with Gasteiger partial charge in [-0.1, -0.05) is 18.9 Å². The summed E-state index contributed by atoms with van der Waals surface area (Å²) in [6.45, 7) is 0.243. The number of aromatic nitrogens is 2. The molecule has 156 valence electrons. The number of nitrogens with zero attached hydrogens (tertiary/aromatic N) is 3. The van der Waals surface area contributed by atoms with E-state index in [-0.39, 0.29) is 19.4 Å². The van der Waals surface area contributed by atoms with Crippen LogP contribution >= 0.6 is 0 Å². The summed E-state index contributed by atoms with van der Waals surface area (Å²) >= 11 is 0. The average molecular weight is 421 g/mol. The van der Waals surface area contributed by atoms with Crippen LogP contribution in [-0.4, -0.2) is 34.7 Å². The Bertz CT molecular complexity index is 1160. The summed E-state index contributed by atoms with van der Waals surface area (Å²) in [4.78, 5) is 24.2. The molecular formula is C19H23N3O6S. The second-order valence-corrected chi connectivity index (χ2v) is 9.29. The quantitative estimate of drug-likeness (QED) is 0.713. The maximum absolute atomic E-state index is 13.5. The Labute approximate surface area is 168 Å². The highest BCUT2D eigenvalue weighted by molar-refractivity contribution is 7.89. The highest BCUT2D eigenvalue weighted by Crippen LogP contribution is 2.35. The van der Waals surface area contributed by atoms with Crippen LogP contribution in [0.3, 0.4) is 0 Å². The maximum atomic E-state index is 13.5. The lowest BCUT2D eigenvalue weighted by Crippen LogP contribution is -2.45. The molecule has 0 unspecified atom stereocenters.